The van der Waals surface area contributed by atoms with Crippen molar-refractivity contribution >= 4 is 0 Å². The lowest BCUT2D eigenvalue weighted by molar-refractivity contribution is 0.247. The second-order valence-electron chi connectivity index (χ2n) is 3.73. The molecule has 0 heterocycles. The zero-order chi connectivity index (χ0) is 9.73. The highest BCUT2D eigenvalue weighted by molar-refractivity contribution is 5.13. The maximum atomic E-state index is 9.15. The quantitative estimate of drug-likeness (QED) is 0.683. The Morgan fingerprint density at radius 2 is 2.46 bits per heavy atom. The molecule has 0 amide bonds. The molecular formula is C10H18N2O. The smallest absolute Gasteiger partial charge is 0.109 e. The lowest BCUT2D eigenvalue weighted by Gasteiger charge is -2.28. The maximum Gasteiger partial charge on any atom is 0.109 e. The first kappa shape index (κ1) is 10.5. The van der Waals surface area contributed by atoms with Gasteiger partial charge in [-0.05, 0) is 18.8 Å². The van der Waals surface area contributed by atoms with Crippen molar-refractivity contribution in [2.24, 2.45) is 5.92 Å². The molecule has 1 saturated carbocycles. The Morgan fingerprint density at radius 3 is 3.00 bits per heavy atom. The van der Waals surface area contributed by atoms with Gasteiger partial charge in [-0.1, -0.05) is 19.8 Å². The van der Waals surface area contributed by atoms with Gasteiger partial charge in [0.05, 0.1) is 12.7 Å². The summed E-state index contributed by atoms with van der Waals surface area (Å²) in [6.45, 7) is 2.77. The molecule has 0 spiro atoms. The molecule has 0 saturated heterocycles. The summed E-state index contributed by atoms with van der Waals surface area (Å²) in [5, 5.41) is 21.1. The molecule has 2 atom stereocenters. The molecule has 1 rings (SSSR count). The summed E-state index contributed by atoms with van der Waals surface area (Å²) in [5.41, 5.74) is -0.350. The molecule has 3 heteroatoms. The summed E-state index contributed by atoms with van der Waals surface area (Å²) >= 11 is 0. The molecule has 13 heavy (non-hydrogen) atoms. The monoisotopic (exact) mass is 182 g/mol. The molecule has 0 aromatic carbocycles. The van der Waals surface area contributed by atoms with Crippen molar-refractivity contribution < 1.29 is 5.11 Å². The van der Waals surface area contributed by atoms with E-state index in [2.05, 4.69) is 18.3 Å². The van der Waals surface area contributed by atoms with E-state index in [9.17, 15) is 0 Å². The van der Waals surface area contributed by atoms with Crippen LogP contribution in [0.15, 0.2) is 0 Å². The second kappa shape index (κ2) is 4.59. The van der Waals surface area contributed by atoms with E-state index in [0.717, 1.165) is 25.7 Å². The third-order valence-electron chi connectivity index (χ3n) is 3.07. The zero-order valence-corrected chi connectivity index (χ0v) is 8.21. The molecule has 3 nitrogen and oxygen atoms in total. The summed E-state index contributed by atoms with van der Waals surface area (Å²) in [6, 6.07) is 2.39. The number of hydrogen-bond acceptors (Lipinski definition) is 3. The highest BCUT2D eigenvalue weighted by Crippen LogP contribution is 2.37. The number of nitrogens with zero attached hydrogens (tertiary/aromatic N) is 1. The molecule has 2 unspecified atom stereocenters. The van der Waals surface area contributed by atoms with E-state index in [1.165, 1.54) is 0 Å². The number of hydrogen-bond donors (Lipinski definition) is 2. The molecule has 0 aromatic heterocycles. The standard InChI is InChI=1S/C10H18N2O/c1-2-9-4-3-5-10(9,8-11)12-6-7-13/h9,12-13H,2-7H2,1H3. The number of nitrogens with one attached hydrogen (secondary N) is 1. The molecule has 1 aliphatic rings. The van der Waals surface area contributed by atoms with Crippen LogP contribution in [0.1, 0.15) is 32.6 Å². The zero-order valence-electron chi connectivity index (χ0n) is 8.21. The molecule has 0 radical (unpaired) electrons. The number of β-amino-alcohol motifs (C(OH)–C–C–N with tert-alkyl or cyclic N) is 1. The fraction of sp³-hybridized carbons (Fsp3) is 0.900. The molecule has 74 valence electrons. The first-order chi connectivity index (χ1) is 6.29. The van der Waals surface area contributed by atoms with Crippen LogP contribution in [0.2, 0.25) is 0 Å². The SMILES string of the molecule is CCC1CCCC1(C#N)NCCO. The van der Waals surface area contributed by atoms with Crippen LogP contribution in [0.5, 0.6) is 0 Å². The van der Waals surface area contributed by atoms with Gasteiger partial charge in [0.1, 0.15) is 5.54 Å². The topological polar surface area (TPSA) is 56.0 Å². The van der Waals surface area contributed by atoms with Crippen molar-refractivity contribution in [1.82, 2.24) is 5.32 Å². The highest BCUT2D eigenvalue weighted by Gasteiger charge is 2.41. The van der Waals surface area contributed by atoms with Gasteiger partial charge in [0.2, 0.25) is 0 Å². The predicted molar refractivity (Wildman–Crippen MR) is 51.1 cm³/mol. The van der Waals surface area contributed by atoms with Crippen LogP contribution >= 0.6 is 0 Å². The number of aliphatic hydroxyl groups excluding tert-OH is 1. The minimum absolute atomic E-state index is 0.111. The molecule has 0 bridgehead atoms. The minimum Gasteiger partial charge on any atom is -0.395 e. The summed E-state index contributed by atoms with van der Waals surface area (Å²) in [7, 11) is 0. The van der Waals surface area contributed by atoms with Gasteiger partial charge in [0.15, 0.2) is 0 Å². The van der Waals surface area contributed by atoms with Crippen LogP contribution in [0.25, 0.3) is 0 Å². The van der Waals surface area contributed by atoms with E-state index in [0.29, 0.717) is 12.5 Å². The summed E-state index contributed by atoms with van der Waals surface area (Å²) in [6.07, 6.45) is 4.25. The average molecular weight is 182 g/mol. The molecule has 1 fully saturated rings. The predicted octanol–water partition coefficient (Wildman–Crippen LogP) is 1.04. The molecule has 2 N–H and O–H groups in total. The fourth-order valence-corrected chi connectivity index (χ4v) is 2.33. The molecule has 0 aliphatic heterocycles. The summed E-state index contributed by atoms with van der Waals surface area (Å²) < 4.78 is 0. The van der Waals surface area contributed by atoms with Crippen LogP contribution in [0.3, 0.4) is 0 Å². The molecular weight excluding hydrogens is 164 g/mol. The normalized spacial score (nSPS) is 33.2. The Bertz CT molecular complexity index is 200. The lowest BCUT2D eigenvalue weighted by atomic mass is 9.86. The van der Waals surface area contributed by atoms with E-state index in [4.69, 9.17) is 10.4 Å². The molecule has 0 aromatic rings. The Hall–Kier alpha value is -0.590. The first-order valence-corrected chi connectivity index (χ1v) is 5.06. The van der Waals surface area contributed by atoms with Gasteiger partial charge in [-0.15, -0.1) is 0 Å². The fourth-order valence-electron chi connectivity index (χ4n) is 2.33. The third kappa shape index (κ3) is 2.01. The van der Waals surface area contributed by atoms with Crippen LogP contribution in [0.4, 0.5) is 0 Å². The molecule has 1 aliphatic carbocycles. The first-order valence-electron chi connectivity index (χ1n) is 5.06. The van der Waals surface area contributed by atoms with E-state index < -0.39 is 0 Å². The van der Waals surface area contributed by atoms with Gasteiger partial charge in [0.25, 0.3) is 0 Å². The highest BCUT2D eigenvalue weighted by atomic mass is 16.3. The third-order valence-corrected chi connectivity index (χ3v) is 3.07. The van der Waals surface area contributed by atoms with Crippen LogP contribution in [0, 0.1) is 17.2 Å². The lowest BCUT2D eigenvalue weighted by Crippen LogP contribution is -2.47. The van der Waals surface area contributed by atoms with Crippen molar-refractivity contribution in [2.75, 3.05) is 13.2 Å². The van der Waals surface area contributed by atoms with E-state index in [1.807, 2.05) is 0 Å². The largest absolute Gasteiger partial charge is 0.395 e. The second-order valence-corrected chi connectivity index (χ2v) is 3.73. The Kier molecular flexibility index (Phi) is 3.71. The van der Waals surface area contributed by atoms with E-state index >= 15 is 0 Å². The van der Waals surface area contributed by atoms with Crippen molar-refractivity contribution in [3.8, 4) is 6.07 Å². The van der Waals surface area contributed by atoms with Gasteiger partial charge in [-0.3, -0.25) is 5.32 Å². The maximum absolute atomic E-state index is 9.15. The van der Waals surface area contributed by atoms with Crippen LogP contribution in [-0.2, 0) is 0 Å². The summed E-state index contributed by atoms with van der Waals surface area (Å²) in [5.74, 6) is 0.462. The average Bonchev–Trinajstić information content (AvgIpc) is 2.58. The van der Waals surface area contributed by atoms with E-state index in [-0.39, 0.29) is 12.1 Å². The minimum atomic E-state index is -0.350. The number of nitriles is 1. The number of aliphatic hydroxyl groups is 1. The van der Waals surface area contributed by atoms with Crippen LogP contribution < -0.4 is 5.32 Å². The Morgan fingerprint density at radius 1 is 1.69 bits per heavy atom. The van der Waals surface area contributed by atoms with Gasteiger partial charge in [0, 0.05) is 6.54 Å². The number of rotatable bonds is 4. The van der Waals surface area contributed by atoms with Crippen molar-refractivity contribution in [2.45, 2.75) is 38.1 Å². The summed E-state index contributed by atoms with van der Waals surface area (Å²) in [4.78, 5) is 0. The van der Waals surface area contributed by atoms with Crippen molar-refractivity contribution in [1.29, 1.82) is 5.26 Å². The van der Waals surface area contributed by atoms with Gasteiger partial charge in [-0.2, -0.15) is 5.26 Å². The van der Waals surface area contributed by atoms with Crippen molar-refractivity contribution in [3.63, 3.8) is 0 Å². The Balaban J connectivity index is 2.62. The van der Waals surface area contributed by atoms with E-state index in [1.54, 1.807) is 0 Å². The van der Waals surface area contributed by atoms with Gasteiger partial charge < -0.3 is 5.11 Å². The Labute approximate surface area is 79.8 Å². The van der Waals surface area contributed by atoms with Gasteiger partial charge >= 0.3 is 0 Å². The van der Waals surface area contributed by atoms with Crippen molar-refractivity contribution in [3.05, 3.63) is 0 Å². The van der Waals surface area contributed by atoms with Crippen LogP contribution in [-0.4, -0.2) is 23.8 Å². The van der Waals surface area contributed by atoms with Gasteiger partial charge in [-0.25, -0.2) is 0 Å².